The first-order valence-electron chi connectivity index (χ1n) is 9.55. The maximum Gasteiger partial charge on any atom is 0.286 e. The molecule has 1 atom stereocenters. The minimum Gasteiger partial charge on any atom is -0.459 e. The summed E-state index contributed by atoms with van der Waals surface area (Å²) in [5.41, 5.74) is 0. The van der Waals surface area contributed by atoms with Crippen molar-refractivity contribution in [2.24, 2.45) is 5.92 Å². The summed E-state index contributed by atoms with van der Waals surface area (Å²) >= 11 is 5.80. The molecule has 2 aromatic heterocycles. The van der Waals surface area contributed by atoms with Gasteiger partial charge in [-0.05, 0) is 43.5 Å². The lowest BCUT2D eigenvalue weighted by molar-refractivity contribution is -0.134. The second kappa shape index (κ2) is 10.1. The number of halogens is 1. The van der Waals surface area contributed by atoms with Crippen LogP contribution in [0.4, 0.5) is 5.82 Å². The highest BCUT2D eigenvalue weighted by atomic mass is 35.5. The molecule has 0 spiro atoms. The molecule has 1 fully saturated rings. The van der Waals surface area contributed by atoms with Gasteiger partial charge in [-0.25, -0.2) is 4.98 Å². The number of nitrogens with one attached hydrogen (secondary N) is 2. The largest absolute Gasteiger partial charge is 0.459 e. The van der Waals surface area contributed by atoms with Crippen molar-refractivity contribution in [3.05, 3.63) is 47.5 Å². The number of piperidine rings is 1. The lowest BCUT2D eigenvalue weighted by Gasteiger charge is -2.32. The molecule has 9 heteroatoms. The van der Waals surface area contributed by atoms with Crippen LogP contribution in [0.15, 0.2) is 41.1 Å². The molecule has 0 bridgehead atoms. The summed E-state index contributed by atoms with van der Waals surface area (Å²) in [4.78, 5) is 42.5. The van der Waals surface area contributed by atoms with Gasteiger partial charge >= 0.3 is 0 Å². The number of aromatic nitrogens is 1. The Hall–Kier alpha value is -2.87. The Morgan fingerprint density at radius 2 is 2.14 bits per heavy atom. The van der Waals surface area contributed by atoms with Crippen LogP contribution in [-0.4, -0.2) is 47.2 Å². The van der Waals surface area contributed by atoms with Gasteiger partial charge in [0.05, 0.1) is 17.2 Å². The molecule has 8 nitrogen and oxygen atoms in total. The molecule has 0 radical (unpaired) electrons. The Kier molecular flexibility index (Phi) is 7.24. The molecule has 3 rings (SSSR count). The van der Waals surface area contributed by atoms with Crippen molar-refractivity contribution in [3.63, 3.8) is 0 Å². The number of carbonyl (C=O) groups is 3. The van der Waals surface area contributed by atoms with Crippen molar-refractivity contribution in [1.82, 2.24) is 15.2 Å². The summed E-state index contributed by atoms with van der Waals surface area (Å²) in [6.45, 7) is 1.41. The zero-order chi connectivity index (χ0) is 20.6. The van der Waals surface area contributed by atoms with Crippen LogP contribution in [0.25, 0.3) is 0 Å². The number of nitrogens with zero attached hydrogens (tertiary/aromatic N) is 2. The molecular formula is C20H23ClN4O4. The van der Waals surface area contributed by atoms with E-state index in [1.165, 1.54) is 12.5 Å². The number of anilines is 1. The van der Waals surface area contributed by atoms with Gasteiger partial charge in [0.2, 0.25) is 11.8 Å². The second-order valence-electron chi connectivity index (χ2n) is 6.87. The highest BCUT2D eigenvalue weighted by molar-refractivity contribution is 6.30. The molecule has 2 aromatic rings. The molecule has 154 valence electrons. The zero-order valence-electron chi connectivity index (χ0n) is 15.9. The van der Waals surface area contributed by atoms with E-state index in [1.54, 1.807) is 29.2 Å². The van der Waals surface area contributed by atoms with Gasteiger partial charge in [-0.3, -0.25) is 14.4 Å². The summed E-state index contributed by atoms with van der Waals surface area (Å²) in [5.74, 6) is -0.0502. The van der Waals surface area contributed by atoms with Crippen LogP contribution in [0, 0.1) is 5.92 Å². The van der Waals surface area contributed by atoms with Gasteiger partial charge in [0.25, 0.3) is 5.91 Å². The molecule has 1 aliphatic rings. The zero-order valence-corrected chi connectivity index (χ0v) is 16.7. The molecule has 3 amide bonds. The van der Waals surface area contributed by atoms with E-state index in [0.29, 0.717) is 43.3 Å². The average Bonchev–Trinajstić information content (AvgIpc) is 3.27. The predicted octanol–water partition coefficient (Wildman–Crippen LogP) is 2.72. The van der Waals surface area contributed by atoms with Crippen LogP contribution < -0.4 is 10.6 Å². The van der Waals surface area contributed by atoms with E-state index in [1.807, 2.05) is 0 Å². The summed E-state index contributed by atoms with van der Waals surface area (Å²) in [5, 5.41) is 5.99. The van der Waals surface area contributed by atoms with Gasteiger partial charge in [-0.1, -0.05) is 11.6 Å². The van der Waals surface area contributed by atoms with E-state index in [-0.39, 0.29) is 29.4 Å². The number of carbonyl (C=O) groups excluding carboxylic acids is 3. The Labute approximate surface area is 173 Å². The number of rotatable bonds is 7. The van der Waals surface area contributed by atoms with Crippen molar-refractivity contribution < 1.29 is 18.8 Å². The Morgan fingerprint density at radius 3 is 2.86 bits per heavy atom. The lowest BCUT2D eigenvalue weighted by atomic mass is 9.96. The topological polar surface area (TPSA) is 105 Å². The van der Waals surface area contributed by atoms with E-state index < -0.39 is 0 Å². The van der Waals surface area contributed by atoms with Crippen LogP contribution in [0.5, 0.6) is 0 Å². The summed E-state index contributed by atoms with van der Waals surface area (Å²) in [7, 11) is 0. The summed E-state index contributed by atoms with van der Waals surface area (Å²) < 4.78 is 5.02. The highest BCUT2D eigenvalue weighted by Crippen LogP contribution is 2.19. The molecule has 3 heterocycles. The van der Waals surface area contributed by atoms with Crippen molar-refractivity contribution in [1.29, 1.82) is 0 Å². The van der Waals surface area contributed by atoms with Crippen LogP contribution in [0.1, 0.15) is 36.2 Å². The molecule has 1 saturated heterocycles. The first-order chi connectivity index (χ1) is 14.0. The van der Waals surface area contributed by atoms with E-state index in [0.717, 1.165) is 12.8 Å². The van der Waals surface area contributed by atoms with Crippen molar-refractivity contribution in [3.8, 4) is 0 Å². The minimum absolute atomic E-state index is 0.0145. The molecule has 0 saturated carbocycles. The van der Waals surface area contributed by atoms with Crippen LogP contribution in [-0.2, 0) is 9.59 Å². The minimum atomic E-state index is -0.298. The standard InChI is InChI=1S/C20H23ClN4O4/c21-15-7-8-17(23-12-15)24-19(27)14-4-2-10-25(13-14)18(26)6-1-9-22-20(28)16-5-3-11-29-16/h3,5,7-8,11-12,14H,1-2,4,6,9-10,13H2,(H,22,28)(H,23,24,27). The van der Waals surface area contributed by atoms with Crippen molar-refractivity contribution in [2.45, 2.75) is 25.7 Å². The maximum absolute atomic E-state index is 12.5. The highest BCUT2D eigenvalue weighted by Gasteiger charge is 2.28. The van der Waals surface area contributed by atoms with Crippen LogP contribution in [0.3, 0.4) is 0 Å². The molecular weight excluding hydrogens is 396 g/mol. The molecule has 1 unspecified atom stereocenters. The van der Waals surface area contributed by atoms with Gasteiger partial charge in [0, 0.05) is 32.3 Å². The van der Waals surface area contributed by atoms with E-state index in [4.69, 9.17) is 16.0 Å². The number of hydrogen-bond acceptors (Lipinski definition) is 5. The molecule has 29 heavy (non-hydrogen) atoms. The SMILES string of the molecule is O=C(NCCCC(=O)N1CCCC(C(=O)Nc2ccc(Cl)cn2)C1)c1ccco1. The third-order valence-corrected chi connectivity index (χ3v) is 4.95. The van der Waals surface area contributed by atoms with Crippen LogP contribution >= 0.6 is 11.6 Å². The number of pyridine rings is 1. The molecule has 1 aliphatic heterocycles. The quantitative estimate of drug-likeness (QED) is 0.672. The molecule has 0 aliphatic carbocycles. The molecule has 2 N–H and O–H groups in total. The fourth-order valence-corrected chi connectivity index (χ4v) is 3.30. The van der Waals surface area contributed by atoms with E-state index in [2.05, 4.69) is 15.6 Å². The fourth-order valence-electron chi connectivity index (χ4n) is 3.19. The van der Waals surface area contributed by atoms with Gasteiger partial charge in [0.15, 0.2) is 5.76 Å². The summed E-state index contributed by atoms with van der Waals surface area (Å²) in [6, 6.07) is 6.53. The first-order valence-corrected chi connectivity index (χ1v) is 9.92. The smallest absolute Gasteiger partial charge is 0.286 e. The second-order valence-corrected chi connectivity index (χ2v) is 7.30. The van der Waals surface area contributed by atoms with E-state index in [9.17, 15) is 14.4 Å². The summed E-state index contributed by atoms with van der Waals surface area (Å²) in [6.07, 6.45) is 5.23. The monoisotopic (exact) mass is 418 g/mol. The van der Waals surface area contributed by atoms with Gasteiger partial charge < -0.3 is 20.0 Å². The predicted molar refractivity (Wildman–Crippen MR) is 107 cm³/mol. The van der Waals surface area contributed by atoms with Gasteiger partial charge in [0.1, 0.15) is 5.82 Å². The third-order valence-electron chi connectivity index (χ3n) is 4.72. The third kappa shape index (κ3) is 6.05. The number of likely N-dealkylation sites (tertiary alicyclic amines) is 1. The normalized spacial score (nSPS) is 16.3. The number of amides is 3. The van der Waals surface area contributed by atoms with Gasteiger partial charge in [-0.15, -0.1) is 0 Å². The van der Waals surface area contributed by atoms with Crippen molar-refractivity contribution in [2.75, 3.05) is 25.0 Å². The number of hydrogen-bond donors (Lipinski definition) is 2. The average molecular weight is 419 g/mol. The Bertz CT molecular complexity index is 839. The lowest BCUT2D eigenvalue weighted by Crippen LogP contribution is -2.44. The maximum atomic E-state index is 12.5. The molecule has 0 aromatic carbocycles. The van der Waals surface area contributed by atoms with Crippen LogP contribution in [0.2, 0.25) is 5.02 Å². The first kappa shape index (κ1) is 20.9. The Morgan fingerprint density at radius 1 is 1.28 bits per heavy atom. The number of furan rings is 1. The van der Waals surface area contributed by atoms with Gasteiger partial charge in [-0.2, -0.15) is 0 Å². The van der Waals surface area contributed by atoms with E-state index >= 15 is 0 Å². The van der Waals surface area contributed by atoms with Crippen molar-refractivity contribution >= 4 is 35.1 Å². The Balaban J connectivity index is 1.41. The fraction of sp³-hybridized carbons (Fsp3) is 0.400.